The molecule has 0 radical (unpaired) electrons. The maximum Gasteiger partial charge on any atom is 0.329 e. The van der Waals surface area contributed by atoms with E-state index in [1.54, 1.807) is 13.1 Å². The first-order valence-corrected chi connectivity index (χ1v) is 9.03. The van der Waals surface area contributed by atoms with Gasteiger partial charge >= 0.3 is 5.69 Å². The van der Waals surface area contributed by atoms with Crippen LogP contribution in [-0.2, 0) is 7.05 Å². The number of nitrogens with one attached hydrogen (secondary N) is 2. The number of H-pyrrole nitrogens is 1. The normalized spacial score (nSPS) is 17.6. The third-order valence-electron chi connectivity index (χ3n) is 5.01. The van der Waals surface area contributed by atoms with Crippen molar-refractivity contribution < 1.29 is 4.79 Å². The van der Waals surface area contributed by atoms with Crippen LogP contribution >= 0.6 is 11.3 Å². The Bertz CT molecular complexity index is 1230. The van der Waals surface area contributed by atoms with E-state index in [1.165, 1.54) is 15.9 Å². The molecule has 0 saturated heterocycles. The molecule has 26 heavy (non-hydrogen) atoms. The highest BCUT2D eigenvalue weighted by Gasteiger charge is 2.42. The molecule has 1 aliphatic carbocycles. The van der Waals surface area contributed by atoms with Crippen LogP contribution in [0.2, 0.25) is 0 Å². The van der Waals surface area contributed by atoms with Crippen LogP contribution in [0.4, 0.5) is 5.82 Å². The number of carbonyl (C=O) groups excluding carboxylic acids is 1. The minimum absolute atomic E-state index is 0.0850. The van der Waals surface area contributed by atoms with E-state index < -0.39 is 17.2 Å². The van der Waals surface area contributed by atoms with Gasteiger partial charge < -0.3 is 5.32 Å². The van der Waals surface area contributed by atoms with Gasteiger partial charge in [0.1, 0.15) is 5.82 Å². The van der Waals surface area contributed by atoms with Crippen LogP contribution in [0.1, 0.15) is 33.0 Å². The monoisotopic (exact) mass is 363 g/mol. The number of rotatable bonds is 1. The summed E-state index contributed by atoms with van der Waals surface area (Å²) in [5.41, 5.74) is 2.94. The summed E-state index contributed by atoms with van der Waals surface area (Å²) in [5, 5.41) is 7.04. The SMILES string of the molecule is Cn1c2c(c(=O)[nH]c1=O)C(c1ccsc1)C1=C(N2)c2ccccc2C1=O. The van der Waals surface area contributed by atoms with E-state index in [4.69, 9.17) is 0 Å². The molecule has 0 amide bonds. The number of Topliss-reactive ketones (excluding diaryl/α,β-unsaturated/α-hetero) is 1. The van der Waals surface area contributed by atoms with Crippen LogP contribution in [0.15, 0.2) is 56.3 Å². The Kier molecular flexibility index (Phi) is 2.99. The Morgan fingerprint density at radius 2 is 1.85 bits per heavy atom. The maximum atomic E-state index is 13.1. The number of hydrogen-bond donors (Lipinski definition) is 2. The van der Waals surface area contributed by atoms with E-state index in [0.717, 1.165) is 11.1 Å². The van der Waals surface area contributed by atoms with Gasteiger partial charge in [0.25, 0.3) is 5.56 Å². The van der Waals surface area contributed by atoms with Crippen molar-refractivity contribution in [2.45, 2.75) is 5.92 Å². The van der Waals surface area contributed by atoms with Crippen LogP contribution in [-0.4, -0.2) is 15.3 Å². The predicted molar refractivity (Wildman–Crippen MR) is 99.8 cm³/mol. The number of aromatic amines is 1. The first-order chi connectivity index (χ1) is 12.6. The summed E-state index contributed by atoms with van der Waals surface area (Å²) in [6, 6.07) is 9.27. The van der Waals surface area contributed by atoms with Crippen LogP contribution < -0.4 is 16.6 Å². The number of ketones is 1. The van der Waals surface area contributed by atoms with E-state index in [2.05, 4.69) is 10.3 Å². The van der Waals surface area contributed by atoms with Gasteiger partial charge in [-0.1, -0.05) is 24.3 Å². The maximum absolute atomic E-state index is 13.1. The average Bonchev–Trinajstić information content (AvgIpc) is 3.26. The number of hydrogen-bond acceptors (Lipinski definition) is 5. The lowest BCUT2D eigenvalue weighted by Gasteiger charge is -2.28. The summed E-state index contributed by atoms with van der Waals surface area (Å²) in [4.78, 5) is 40.3. The van der Waals surface area contributed by atoms with Crippen LogP contribution in [0, 0.1) is 0 Å². The molecule has 0 saturated carbocycles. The van der Waals surface area contributed by atoms with Gasteiger partial charge in [-0.2, -0.15) is 11.3 Å². The van der Waals surface area contributed by atoms with Crippen molar-refractivity contribution in [2.75, 3.05) is 5.32 Å². The van der Waals surface area contributed by atoms with E-state index in [1.807, 2.05) is 35.0 Å². The van der Waals surface area contributed by atoms with E-state index in [9.17, 15) is 14.4 Å². The summed E-state index contributed by atoms with van der Waals surface area (Å²) in [7, 11) is 1.60. The molecule has 1 atom stereocenters. The summed E-state index contributed by atoms with van der Waals surface area (Å²) in [6.45, 7) is 0. The van der Waals surface area contributed by atoms with Gasteiger partial charge in [-0.05, 0) is 22.4 Å². The molecule has 1 aromatic carbocycles. The Balaban J connectivity index is 1.89. The Morgan fingerprint density at radius 1 is 1.08 bits per heavy atom. The number of benzene rings is 1. The molecule has 5 rings (SSSR count). The second kappa shape index (κ2) is 5.15. The Morgan fingerprint density at radius 3 is 2.58 bits per heavy atom. The number of anilines is 1. The summed E-state index contributed by atoms with van der Waals surface area (Å²) in [5.74, 6) is -0.167. The van der Waals surface area contributed by atoms with Crippen molar-refractivity contribution in [3.63, 3.8) is 0 Å². The van der Waals surface area contributed by atoms with Gasteiger partial charge in [-0.15, -0.1) is 0 Å². The standard InChI is InChI=1S/C19H13N3O3S/c1-22-17-14(18(24)21-19(22)25)12(9-6-7-26-8-9)13-15(20-17)10-4-2-3-5-11(10)16(13)23/h2-8,12,20H,1H3,(H,21,24,25). The summed E-state index contributed by atoms with van der Waals surface area (Å²) in [6.07, 6.45) is 0. The molecule has 7 heteroatoms. The molecule has 3 aromatic rings. The van der Waals surface area contributed by atoms with Gasteiger partial charge in [0.05, 0.1) is 11.3 Å². The lowest BCUT2D eigenvalue weighted by molar-refractivity contribution is 0.103. The highest BCUT2D eigenvalue weighted by atomic mass is 32.1. The second-order valence-electron chi connectivity index (χ2n) is 6.36. The molecule has 1 aliphatic heterocycles. The van der Waals surface area contributed by atoms with Gasteiger partial charge in [-0.3, -0.25) is 19.1 Å². The van der Waals surface area contributed by atoms with Crippen molar-refractivity contribution >= 4 is 28.6 Å². The molecule has 2 N–H and O–H groups in total. The quantitative estimate of drug-likeness (QED) is 0.695. The molecule has 2 aromatic heterocycles. The Hall–Kier alpha value is -3.19. The fourth-order valence-corrected chi connectivity index (χ4v) is 4.49. The smallest absolute Gasteiger partial charge is 0.329 e. The number of carbonyl (C=O) groups is 1. The lowest BCUT2D eigenvalue weighted by atomic mass is 9.83. The minimum Gasteiger partial charge on any atom is -0.340 e. The van der Waals surface area contributed by atoms with Crippen molar-refractivity contribution in [3.8, 4) is 0 Å². The number of thiophene rings is 1. The van der Waals surface area contributed by atoms with Crippen molar-refractivity contribution in [1.29, 1.82) is 0 Å². The molecule has 3 heterocycles. The number of fused-ring (bicyclic) bond motifs is 3. The van der Waals surface area contributed by atoms with E-state index in [0.29, 0.717) is 28.2 Å². The lowest BCUT2D eigenvalue weighted by Crippen LogP contribution is -2.37. The molecule has 0 fully saturated rings. The summed E-state index contributed by atoms with van der Waals surface area (Å²) < 4.78 is 1.38. The molecule has 0 bridgehead atoms. The first kappa shape index (κ1) is 15.1. The van der Waals surface area contributed by atoms with Crippen LogP contribution in [0.3, 0.4) is 0 Å². The zero-order valence-corrected chi connectivity index (χ0v) is 14.5. The number of nitrogens with zero attached hydrogens (tertiary/aromatic N) is 1. The topological polar surface area (TPSA) is 84.0 Å². The van der Waals surface area contributed by atoms with Crippen LogP contribution in [0.5, 0.6) is 0 Å². The van der Waals surface area contributed by atoms with Gasteiger partial charge in [0.2, 0.25) is 0 Å². The molecule has 128 valence electrons. The van der Waals surface area contributed by atoms with Gasteiger partial charge in [-0.25, -0.2) is 4.79 Å². The highest BCUT2D eigenvalue weighted by Crippen LogP contribution is 2.47. The van der Waals surface area contributed by atoms with Crippen LogP contribution in [0.25, 0.3) is 5.70 Å². The van der Waals surface area contributed by atoms with Gasteiger partial charge in [0, 0.05) is 29.7 Å². The molecule has 6 nitrogen and oxygen atoms in total. The fourth-order valence-electron chi connectivity index (χ4n) is 3.81. The summed E-state index contributed by atoms with van der Waals surface area (Å²) >= 11 is 1.51. The second-order valence-corrected chi connectivity index (χ2v) is 7.14. The minimum atomic E-state index is -0.511. The third kappa shape index (κ3) is 1.83. The zero-order valence-electron chi connectivity index (χ0n) is 13.7. The third-order valence-corrected chi connectivity index (χ3v) is 5.71. The average molecular weight is 363 g/mol. The van der Waals surface area contributed by atoms with Crippen molar-refractivity contribution in [3.05, 3.63) is 89.8 Å². The molecule has 1 unspecified atom stereocenters. The molecular formula is C19H13N3O3S. The fraction of sp³-hybridized carbons (Fsp3) is 0.105. The van der Waals surface area contributed by atoms with Crippen molar-refractivity contribution in [2.24, 2.45) is 7.05 Å². The van der Waals surface area contributed by atoms with E-state index in [-0.39, 0.29) is 5.78 Å². The highest BCUT2D eigenvalue weighted by molar-refractivity contribution is 7.08. The largest absolute Gasteiger partial charge is 0.340 e. The molecule has 0 spiro atoms. The molecule has 2 aliphatic rings. The van der Waals surface area contributed by atoms with E-state index >= 15 is 0 Å². The predicted octanol–water partition coefficient (Wildman–Crippen LogP) is 2.30. The Labute approximate surface area is 151 Å². The molecular weight excluding hydrogens is 350 g/mol. The number of allylic oxidation sites excluding steroid dienone is 1. The number of aromatic nitrogens is 2. The van der Waals surface area contributed by atoms with Gasteiger partial charge in [0.15, 0.2) is 5.78 Å². The first-order valence-electron chi connectivity index (χ1n) is 8.08. The van der Waals surface area contributed by atoms with Crippen molar-refractivity contribution in [1.82, 2.24) is 9.55 Å². The zero-order chi connectivity index (χ0) is 18.0.